The number of halogens is 4. The molecule has 182 valence electrons. The maximum Gasteiger partial charge on any atom is 0.388 e. The second-order valence-electron chi connectivity index (χ2n) is 5.88. The standard InChI is InChI=1S/C16H12F4N6O7S/c1-31-12(27)8-4-2-3-5-9(8)34(29,30)24-25-7-21-26(16(25)28)15-22-10(32-13(17)18)6-11(23-15)33-14(19)20/h2-7,13-14,24H,1H3. The predicted molar refractivity (Wildman–Crippen MR) is 101 cm³/mol. The van der Waals surface area contributed by atoms with Gasteiger partial charge in [-0.05, 0) is 12.1 Å². The fourth-order valence-electron chi connectivity index (χ4n) is 2.45. The van der Waals surface area contributed by atoms with Crippen LogP contribution in [0, 0.1) is 0 Å². The molecule has 0 unspecified atom stereocenters. The van der Waals surface area contributed by atoms with Gasteiger partial charge in [0.15, 0.2) is 0 Å². The van der Waals surface area contributed by atoms with Crippen LogP contribution in [0.15, 0.2) is 46.3 Å². The van der Waals surface area contributed by atoms with Gasteiger partial charge in [-0.15, -0.1) is 9.78 Å². The number of hydrogen-bond acceptors (Lipinski definition) is 10. The Morgan fingerprint density at radius 2 is 1.65 bits per heavy atom. The number of methoxy groups -OCH3 is 1. The molecule has 0 aliphatic heterocycles. The first-order chi connectivity index (χ1) is 16.0. The highest BCUT2D eigenvalue weighted by molar-refractivity contribution is 7.92. The van der Waals surface area contributed by atoms with Crippen molar-refractivity contribution >= 4 is 16.0 Å². The molecule has 18 heteroatoms. The Morgan fingerprint density at radius 1 is 1.06 bits per heavy atom. The number of alkyl halides is 4. The molecule has 0 aliphatic rings. The van der Waals surface area contributed by atoms with Crippen molar-refractivity contribution in [2.45, 2.75) is 18.1 Å². The van der Waals surface area contributed by atoms with Crippen molar-refractivity contribution in [2.75, 3.05) is 11.9 Å². The van der Waals surface area contributed by atoms with Crippen molar-refractivity contribution in [3.05, 3.63) is 52.7 Å². The molecule has 0 aliphatic carbocycles. The third kappa shape index (κ3) is 5.39. The van der Waals surface area contributed by atoms with E-state index < -0.39 is 57.5 Å². The normalized spacial score (nSPS) is 11.5. The van der Waals surface area contributed by atoms with Gasteiger partial charge in [0.25, 0.3) is 16.0 Å². The first-order valence-corrected chi connectivity index (χ1v) is 10.2. The van der Waals surface area contributed by atoms with Crippen molar-refractivity contribution < 1.29 is 45.0 Å². The number of nitrogens with one attached hydrogen (secondary N) is 1. The van der Waals surface area contributed by atoms with E-state index in [1.165, 1.54) is 18.2 Å². The van der Waals surface area contributed by atoms with Crippen LogP contribution in [0.25, 0.3) is 5.95 Å². The zero-order chi connectivity index (χ0) is 25.0. The molecule has 0 saturated heterocycles. The summed E-state index contributed by atoms with van der Waals surface area (Å²) in [5.41, 5.74) is -1.64. The summed E-state index contributed by atoms with van der Waals surface area (Å²) in [6, 6.07) is 5.42. The molecule has 0 fully saturated rings. The van der Waals surface area contributed by atoms with Crippen LogP contribution in [0.4, 0.5) is 17.6 Å². The Bertz CT molecular complexity index is 1330. The average molecular weight is 508 g/mol. The number of carbonyl (C=O) groups excluding carboxylic acids is 1. The van der Waals surface area contributed by atoms with Gasteiger partial charge in [0.2, 0.25) is 11.8 Å². The molecule has 1 aromatic carbocycles. The minimum atomic E-state index is -4.57. The van der Waals surface area contributed by atoms with Crippen molar-refractivity contribution in [3.63, 3.8) is 0 Å². The van der Waals surface area contributed by atoms with Gasteiger partial charge < -0.3 is 14.2 Å². The van der Waals surface area contributed by atoms with Gasteiger partial charge in [0, 0.05) is 0 Å². The Kier molecular flexibility index (Phi) is 6.99. The van der Waals surface area contributed by atoms with Crippen LogP contribution < -0.4 is 20.0 Å². The zero-order valence-corrected chi connectivity index (χ0v) is 17.4. The number of benzene rings is 1. The van der Waals surface area contributed by atoms with Crippen molar-refractivity contribution in [2.24, 2.45) is 0 Å². The highest BCUT2D eigenvalue weighted by Gasteiger charge is 2.25. The third-order valence-electron chi connectivity index (χ3n) is 3.75. The van der Waals surface area contributed by atoms with Gasteiger partial charge in [-0.1, -0.05) is 12.1 Å². The van der Waals surface area contributed by atoms with E-state index in [4.69, 9.17) is 0 Å². The topological polar surface area (TPSA) is 157 Å². The molecule has 0 atom stereocenters. The summed E-state index contributed by atoms with van der Waals surface area (Å²) in [5, 5.41) is 3.52. The number of esters is 1. The zero-order valence-electron chi connectivity index (χ0n) is 16.6. The van der Waals surface area contributed by atoms with Crippen LogP contribution >= 0.6 is 0 Å². The van der Waals surface area contributed by atoms with E-state index >= 15 is 0 Å². The molecule has 3 rings (SSSR count). The van der Waals surface area contributed by atoms with E-state index in [1.807, 2.05) is 4.83 Å². The first-order valence-electron chi connectivity index (χ1n) is 8.67. The number of aromatic nitrogens is 5. The molecular weight excluding hydrogens is 496 g/mol. The summed E-state index contributed by atoms with van der Waals surface area (Å²) in [6.07, 6.45) is 0.637. The minimum Gasteiger partial charge on any atom is -0.465 e. The lowest BCUT2D eigenvalue weighted by Crippen LogP contribution is -2.34. The van der Waals surface area contributed by atoms with E-state index in [9.17, 15) is 35.6 Å². The monoisotopic (exact) mass is 508 g/mol. The van der Waals surface area contributed by atoms with Crippen LogP contribution in [-0.2, 0) is 14.8 Å². The Hall–Kier alpha value is -4.22. The maximum atomic E-state index is 12.7. The van der Waals surface area contributed by atoms with Crippen LogP contribution in [0.1, 0.15) is 10.4 Å². The molecule has 0 amide bonds. The van der Waals surface area contributed by atoms with Gasteiger partial charge >= 0.3 is 24.9 Å². The Labute approximate surface area is 186 Å². The predicted octanol–water partition coefficient (Wildman–Crippen LogP) is 0.746. The van der Waals surface area contributed by atoms with E-state index in [1.54, 1.807) is 0 Å². The second kappa shape index (κ2) is 9.73. The number of ether oxygens (including phenoxy) is 3. The van der Waals surface area contributed by atoms with Crippen molar-refractivity contribution in [3.8, 4) is 17.7 Å². The number of carbonyl (C=O) groups is 1. The smallest absolute Gasteiger partial charge is 0.388 e. The minimum absolute atomic E-state index is 0.283. The lowest BCUT2D eigenvalue weighted by Gasteiger charge is -2.10. The number of rotatable bonds is 9. The van der Waals surface area contributed by atoms with Crippen LogP contribution in [0.2, 0.25) is 0 Å². The van der Waals surface area contributed by atoms with E-state index in [2.05, 4.69) is 29.3 Å². The highest BCUT2D eigenvalue weighted by Crippen LogP contribution is 2.20. The molecule has 3 aromatic rings. The number of hydrogen-bond donors (Lipinski definition) is 1. The lowest BCUT2D eigenvalue weighted by atomic mass is 10.2. The molecule has 2 heterocycles. The Morgan fingerprint density at radius 3 is 2.21 bits per heavy atom. The molecular formula is C16H12F4N6O7S. The SMILES string of the molecule is COC(=O)c1ccccc1S(=O)(=O)Nn1cnn(-c2nc(OC(F)F)cc(OC(F)F)n2)c1=O. The average Bonchev–Trinajstić information content (AvgIpc) is 3.11. The van der Waals surface area contributed by atoms with Gasteiger partial charge in [-0.25, -0.2) is 14.4 Å². The summed E-state index contributed by atoms with van der Waals surface area (Å²) in [5.74, 6) is -3.71. The Balaban J connectivity index is 2.00. The van der Waals surface area contributed by atoms with Gasteiger partial charge in [0.1, 0.15) is 11.2 Å². The van der Waals surface area contributed by atoms with Gasteiger partial charge in [0.05, 0.1) is 18.7 Å². The summed E-state index contributed by atoms with van der Waals surface area (Å²) < 4.78 is 88.7. The summed E-state index contributed by atoms with van der Waals surface area (Å²) in [4.78, 5) is 32.6. The molecule has 13 nitrogen and oxygen atoms in total. The lowest BCUT2D eigenvalue weighted by molar-refractivity contribution is -0.0582. The first kappa shape index (κ1) is 24.4. The van der Waals surface area contributed by atoms with Gasteiger partial charge in [-0.3, -0.25) is 0 Å². The quantitative estimate of drug-likeness (QED) is 0.323. The highest BCUT2D eigenvalue weighted by atomic mass is 32.2. The van der Waals surface area contributed by atoms with E-state index in [0.717, 1.165) is 13.2 Å². The fourth-order valence-corrected chi connectivity index (χ4v) is 3.63. The molecule has 0 saturated carbocycles. The van der Waals surface area contributed by atoms with E-state index in [-0.39, 0.29) is 10.2 Å². The van der Waals surface area contributed by atoms with Gasteiger partial charge in [-0.2, -0.15) is 40.6 Å². The number of sulfonamides is 1. The summed E-state index contributed by atoms with van der Waals surface area (Å²) >= 11 is 0. The molecule has 0 spiro atoms. The fraction of sp³-hybridized carbons (Fsp3) is 0.188. The van der Waals surface area contributed by atoms with E-state index in [0.29, 0.717) is 17.1 Å². The van der Waals surface area contributed by atoms with Crippen LogP contribution in [-0.4, -0.2) is 59.1 Å². The third-order valence-corrected chi connectivity index (χ3v) is 5.12. The summed E-state index contributed by atoms with van der Waals surface area (Å²) in [6.45, 7) is -6.81. The van der Waals surface area contributed by atoms with Crippen LogP contribution in [0.3, 0.4) is 0 Å². The molecule has 0 radical (unpaired) electrons. The molecule has 2 aromatic heterocycles. The van der Waals surface area contributed by atoms with Crippen LogP contribution in [0.5, 0.6) is 11.8 Å². The molecule has 0 bridgehead atoms. The van der Waals surface area contributed by atoms with Crippen molar-refractivity contribution in [1.29, 1.82) is 0 Å². The largest absolute Gasteiger partial charge is 0.465 e. The van der Waals surface area contributed by atoms with Crippen molar-refractivity contribution in [1.82, 2.24) is 24.4 Å². The molecule has 1 N–H and O–H groups in total. The molecule has 34 heavy (non-hydrogen) atoms. The maximum absolute atomic E-state index is 12.7. The second-order valence-corrected chi connectivity index (χ2v) is 7.51. The summed E-state index contributed by atoms with van der Waals surface area (Å²) in [7, 11) is -3.54. The number of nitrogens with zero attached hydrogens (tertiary/aromatic N) is 5.